The number of rotatable bonds is 4. The molecular formula is C5H9ClO2. The van der Waals surface area contributed by atoms with Crippen LogP contribution in [0.4, 0.5) is 0 Å². The monoisotopic (exact) mass is 136 g/mol. The standard InChI is InChI=1S/C5H9ClO2/c6-4-5(8)2-1-3-7/h7H,1-4H2. The van der Waals surface area contributed by atoms with Crippen molar-refractivity contribution in [3.05, 3.63) is 0 Å². The number of carbonyl (C=O) groups is 1. The molecule has 0 aromatic heterocycles. The van der Waals surface area contributed by atoms with E-state index in [1.165, 1.54) is 0 Å². The zero-order valence-corrected chi connectivity index (χ0v) is 5.32. The van der Waals surface area contributed by atoms with E-state index in [1.807, 2.05) is 0 Å². The summed E-state index contributed by atoms with van der Waals surface area (Å²) in [5.41, 5.74) is 0. The van der Waals surface area contributed by atoms with E-state index in [0.717, 1.165) is 0 Å². The van der Waals surface area contributed by atoms with Gasteiger partial charge in [-0.05, 0) is 6.42 Å². The van der Waals surface area contributed by atoms with Gasteiger partial charge in [0.1, 0.15) is 5.78 Å². The van der Waals surface area contributed by atoms with E-state index in [1.54, 1.807) is 0 Å². The van der Waals surface area contributed by atoms with Gasteiger partial charge in [0.05, 0.1) is 5.88 Å². The first-order valence-corrected chi connectivity index (χ1v) is 3.03. The SMILES string of the molecule is O=C(CCl)CCCO. The van der Waals surface area contributed by atoms with Crippen LogP contribution in [-0.4, -0.2) is 23.4 Å². The fraction of sp³-hybridized carbons (Fsp3) is 0.800. The molecule has 0 fully saturated rings. The van der Waals surface area contributed by atoms with Crippen LogP contribution in [0.3, 0.4) is 0 Å². The minimum atomic E-state index is 0.000664. The summed E-state index contributed by atoms with van der Waals surface area (Å²) in [6.07, 6.45) is 0.936. The second-order valence-corrected chi connectivity index (χ2v) is 1.77. The molecule has 0 rings (SSSR count). The van der Waals surface area contributed by atoms with Crippen molar-refractivity contribution in [2.45, 2.75) is 12.8 Å². The van der Waals surface area contributed by atoms with Crippen molar-refractivity contribution < 1.29 is 9.90 Å². The van der Waals surface area contributed by atoms with Crippen molar-refractivity contribution in [3.63, 3.8) is 0 Å². The van der Waals surface area contributed by atoms with E-state index in [9.17, 15) is 4.79 Å². The molecule has 0 unspecified atom stereocenters. The van der Waals surface area contributed by atoms with Gasteiger partial charge in [0.25, 0.3) is 0 Å². The maximum absolute atomic E-state index is 10.3. The van der Waals surface area contributed by atoms with Gasteiger partial charge in [-0.2, -0.15) is 0 Å². The molecule has 0 aliphatic carbocycles. The van der Waals surface area contributed by atoms with Crippen LogP contribution in [0.5, 0.6) is 0 Å². The molecule has 0 saturated heterocycles. The largest absolute Gasteiger partial charge is 0.396 e. The fourth-order valence-corrected chi connectivity index (χ4v) is 0.477. The van der Waals surface area contributed by atoms with Crippen LogP contribution < -0.4 is 0 Å². The van der Waals surface area contributed by atoms with Crippen molar-refractivity contribution in [2.24, 2.45) is 0 Å². The Balaban J connectivity index is 2.99. The number of aliphatic hydroxyl groups is 1. The van der Waals surface area contributed by atoms with Gasteiger partial charge in [-0.25, -0.2) is 0 Å². The van der Waals surface area contributed by atoms with Gasteiger partial charge in [0.15, 0.2) is 0 Å². The molecule has 2 nitrogen and oxygen atoms in total. The third-order valence-electron chi connectivity index (χ3n) is 0.763. The van der Waals surface area contributed by atoms with E-state index in [4.69, 9.17) is 16.7 Å². The highest BCUT2D eigenvalue weighted by Gasteiger charge is 1.95. The molecule has 3 heteroatoms. The predicted octanol–water partition coefficient (Wildman–Crippen LogP) is 0.567. The zero-order chi connectivity index (χ0) is 6.41. The van der Waals surface area contributed by atoms with Crippen molar-refractivity contribution in [1.29, 1.82) is 0 Å². The van der Waals surface area contributed by atoms with Crippen LogP contribution in [0.2, 0.25) is 0 Å². The molecule has 0 saturated carbocycles. The van der Waals surface area contributed by atoms with Crippen LogP contribution in [-0.2, 0) is 4.79 Å². The Morgan fingerprint density at radius 1 is 1.62 bits per heavy atom. The summed E-state index contributed by atoms with van der Waals surface area (Å²) < 4.78 is 0. The molecule has 1 N–H and O–H groups in total. The van der Waals surface area contributed by atoms with Crippen LogP contribution in [0.1, 0.15) is 12.8 Å². The van der Waals surface area contributed by atoms with E-state index < -0.39 is 0 Å². The number of alkyl halides is 1. The molecule has 48 valence electrons. The Labute approximate surface area is 53.5 Å². The molecule has 0 spiro atoms. The molecule has 0 aromatic carbocycles. The number of carbonyl (C=O) groups excluding carboxylic acids is 1. The zero-order valence-electron chi connectivity index (χ0n) is 4.56. The predicted molar refractivity (Wildman–Crippen MR) is 32.0 cm³/mol. The molecule has 0 radical (unpaired) electrons. The summed E-state index contributed by atoms with van der Waals surface area (Å²) in [4.78, 5) is 10.3. The van der Waals surface area contributed by atoms with E-state index in [0.29, 0.717) is 12.8 Å². The summed E-state index contributed by atoms with van der Waals surface area (Å²) in [6.45, 7) is 0.0721. The summed E-state index contributed by atoms with van der Waals surface area (Å²) in [5, 5.41) is 8.22. The summed E-state index contributed by atoms with van der Waals surface area (Å²) >= 11 is 5.16. The molecule has 0 heterocycles. The minimum Gasteiger partial charge on any atom is -0.396 e. The second-order valence-electron chi connectivity index (χ2n) is 1.50. The van der Waals surface area contributed by atoms with Crippen LogP contribution in [0.15, 0.2) is 0 Å². The third-order valence-corrected chi connectivity index (χ3v) is 1.06. The second kappa shape index (κ2) is 5.06. The first-order valence-electron chi connectivity index (χ1n) is 2.49. The molecule has 0 aliphatic heterocycles. The van der Waals surface area contributed by atoms with Crippen molar-refractivity contribution in [2.75, 3.05) is 12.5 Å². The highest BCUT2D eigenvalue weighted by molar-refractivity contribution is 6.27. The number of hydrogen-bond acceptors (Lipinski definition) is 2. The van der Waals surface area contributed by atoms with Crippen LogP contribution >= 0.6 is 11.6 Å². The number of hydrogen-bond donors (Lipinski definition) is 1. The molecule has 0 aliphatic rings. The summed E-state index contributed by atoms with van der Waals surface area (Å²) in [5.74, 6) is 0.0701. The minimum absolute atomic E-state index is 0.000664. The molecule has 8 heavy (non-hydrogen) atoms. The van der Waals surface area contributed by atoms with Crippen molar-refractivity contribution in [3.8, 4) is 0 Å². The van der Waals surface area contributed by atoms with E-state index in [2.05, 4.69) is 0 Å². The fourth-order valence-electron chi connectivity index (χ4n) is 0.343. The van der Waals surface area contributed by atoms with Gasteiger partial charge in [-0.1, -0.05) is 0 Å². The lowest BCUT2D eigenvalue weighted by molar-refractivity contribution is -0.116. The van der Waals surface area contributed by atoms with Crippen LogP contribution in [0, 0.1) is 0 Å². The Morgan fingerprint density at radius 2 is 2.25 bits per heavy atom. The molecule has 0 aromatic rings. The van der Waals surface area contributed by atoms with Gasteiger partial charge < -0.3 is 5.11 Å². The maximum Gasteiger partial charge on any atom is 0.147 e. The molecule has 0 bridgehead atoms. The van der Waals surface area contributed by atoms with Gasteiger partial charge >= 0.3 is 0 Å². The smallest absolute Gasteiger partial charge is 0.147 e. The lowest BCUT2D eigenvalue weighted by Gasteiger charge is -1.89. The molecule has 0 amide bonds. The normalized spacial score (nSPS) is 9.25. The molecular weight excluding hydrogens is 128 g/mol. The number of ketones is 1. The first kappa shape index (κ1) is 7.92. The molecule has 0 atom stereocenters. The average molecular weight is 137 g/mol. The van der Waals surface area contributed by atoms with Gasteiger partial charge in [-0.3, -0.25) is 4.79 Å². The lowest BCUT2D eigenvalue weighted by Crippen LogP contribution is -1.99. The topological polar surface area (TPSA) is 37.3 Å². The van der Waals surface area contributed by atoms with E-state index >= 15 is 0 Å². The van der Waals surface area contributed by atoms with Crippen LogP contribution in [0.25, 0.3) is 0 Å². The maximum atomic E-state index is 10.3. The van der Waals surface area contributed by atoms with Gasteiger partial charge in [0, 0.05) is 13.0 Å². The Morgan fingerprint density at radius 3 is 2.62 bits per heavy atom. The number of halogens is 1. The highest BCUT2D eigenvalue weighted by atomic mass is 35.5. The summed E-state index contributed by atoms with van der Waals surface area (Å²) in [7, 11) is 0. The Hall–Kier alpha value is -0.0800. The first-order chi connectivity index (χ1) is 3.81. The summed E-state index contributed by atoms with van der Waals surface area (Å²) in [6, 6.07) is 0. The highest BCUT2D eigenvalue weighted by Crippen LogP contribution is 1.90. The van der Waals surface area contributed by atoms with Crippen molar-refractivity contribution in [1.82, 2.24) is 0 Å². The number of Topliss-reactive ketones (excluding diaryl/α,β-unsaturated/α-hetero) is 1. The lowest BCUT2D eigenvalue weighted by atomic mass is 10.2. The van der Waals surface area contributed by atoms with Gasteiger partial charge in [0.2, 0.25) is 0 Å². The Kier molecular flexibility index (Phi) is 5.01. The van der Waals surface area contributed by atoms with E-state index in [-0.39, 0.29) is 18.3 Å². The van der Waals surface area contributed by atoms with Crippen molar-refractivity contribution >= 4 is 17.4 Å². The quantitative estimate of drug-likeness (QED) is 0.574. The third kappa shape index (κ3) is 4.09. The Bertz CT molecular complexity index is 72.8. The van der Waals surface area contributed by atoms with Gasteiger partial charge in [-0.15, -0.1) is 11.6 Å². The average Bonchev–Trinajstić information content (AvgIpc) is 1.83. The number of aliphatic hydroxyl groups excluding tert-OH is 1.